The maximum atomic E-state index is 12.6. The predicted octanol–water partition coefficient (Wildman–Crippen LogP) is 5.11. The highest BCUT2D eigenvalue weighted by molar-refractivity contribution is 6.30. The first-order valence-corrected chi connectivity index (χ1v) is 11.5. The molecule has 0 radical (unpaired) electrons. The second-order valence-electron chi connectivity index (χ2n) is 8.48. The largest absolute Gasteiger partial charge is 0.484 e. The summed E-state index contributed by atoms with van der Waals surface area (Å²) in [5.41, 5.74) is 2.66. The fourth-order valence-corrected chi connectivity index (χ4v) is 4.64. The summed E-state index contributed by atoms with van der Waals surface area (Å²) in [7, 11) is 0. The number of carbonyl (C=O) groups is 1. The van der Waals surface area contributed by atoms with E-state index in [1.807, 2.05) is 29.2 Å². The van der Waals surface area contributed by atoms with Crippen molar-refractivity contribution >= 4 is 17.5 Å². The molecule has 0 unspecified atom stereocenters. The highest BCUT2D eigenvalue weighted by Gasteiger charge is 2.21. The molecule has 1 aliphatic heterocycles. The van der Waals surface area contributed by atoms with E-state index in [0.29, 0.717) is 5.92 Å². The van der Waals surface area contributed by atoms with Crippen molar-refractivity contribution in [1.82, 2.24) is 9.80 Å². The first-order valence-electron chi connectivity index (χ1n) is 11.1. The van der Waals surface area contributed by atoms with Gasteiger partial charge in [-0.3, -0.25) is 9.69 Å². The van der Waals surface area contributed by atoms with Gasteiger partial charge < -0.3 is 9.64 Å². The summed E-state index contributed by atoms with van der Waals surface area (Å²) in [6, 6.07) is 16.4. The molecule has 0 atom stereocenters. The molecule has 2 aliphatic rings. The summed E-state index contributed by atoms with van der Waals surface area (Å²) in [5, 5.41) is 0.762. The molecule has 5 heteroatoms. The molecule has 4 nitrogen and oxygen atoms in total. The smallest absolute Gasteiger partial charge is 0.260 e. The molecule has 2 aromatic carbocycles. The van der Waals surface area contributed by atoms with Crippen LogP contribution in [-0.4, -0.2) is 48.5 Å². The fourth-order valence-electron chi connectivity index (χ4n) is 4.51. The van der Waals surface area contributed by atoms with Crippen molar-refractivity contribution in [1.29, 1.82) is 0 Å². The number of nitrogens with zero attached hydrogens (tertiary/aromatic N) is 2. The third kappa shape index (κ3) is 5.77. The Balaban J connectivity index is 1.20. The van der Waals surface area contributed by atoms with E-state index >= 15 is 0 Å². The zero-order valence-corrected chi connectivity index (χ0v) is 18.3. The molecule has 1 aliphatic carbocycles. The van der Waals surface area contributed by atoms with Gasteiger partial charge in [0.15, 0.2) is 6.61 Å². The minimum absolute atomic E-state index is 0.0671. The van der Waals surface area contributed by atoms with Crippen molar-refractivity contribution in [2.24, 2.45) is 0 Å². The van der Waals surface area contributed by atoms with Gasteiger partial charge in [0, 0.05) is 37.7 Å². The van der Waals surface area contributed by atoms with Gasteiger partial charge in [-0.2, -0.15) is 0 Å². The molecule has 0 spiro atoms. The molecule has 1 amide bonds. The van der Waals surface area contributed by atoms with E-state index in [-0.39, 0.29) is 12.5 Å². The number of rotatable bonds is 6. The Morgan fingerprint density at radius 2 is 1.57 bits per heavy atom. The number of amides is 1. The number of benzene rings is 2. The molecule has 160 valence electrons. The van der Waals surface area contributed by atoms with E-state index in [2.05, 4.69) is 29.2 Å². The number of piperazine rings is 1. The van der Waals surface area contributed by atoms with E-state index in [0.717, 1.165) is 43.5 Å². The Morgan fingerprint density at radius 3 is 2.23 bits per heavy atom. The lowest BCUT2D eigenvalue weighted by atomic mass is 9.84. The van der Waals surface area contributed by atoms with Crippen molar-refractivity contribution in [2.45, 2.75) is 44.6 Å². The highest BCUT2D eigenvalue weighted by Crippen LogP contribution is 2.33. The van der Waals surface area contributed by atoms with E-state index in [9.17, 15) is 4.79 Å². The van der Waals surface area contributed by atoms with Crippen molar-refractivity contribution < 1.29 is 9.53 Å². The average molecular weight is 427 g/mol. The van der Waals surface area contributed by atoms with Crippen LogP contribution in [0.5, 0.6) is 5.75 Å². The molecule has 1 heterocycles. The first kappa shape index (κ1) is 21.2. The second kappa shape index (κ2) is 10.3. The van der Waals surface area contributed by atoms with E-state index in [1.165, 1.54) is 43.2 Å². The van der Waals surface area contributed by atoms with Gasteiger partial charge in [0.2, 0.25) is 0 Å². The average Bonchev–Trinajstić information content (AvgIpc) is 2.80. The van der Waals surface area contributed by atoms with E-state index < -0.39 is 0 Å². The van der Waals surface area contributed by atoms with Gasteiger partial charge in [0.25, 0.3) is 5.91 Å². The quantitative estimate of drug-likeness (QED) is 0.643. The number of carbonyl (C=O) groups excluding carboxylic acids is 1. The Kier molecular flexibility index (Phi) is 7.29. The summed E-state index contributed by atoms with van der Waals surface area (Å²) >= 11 is 5.96. The minimum atomic E-state index is 0.0671. The topological polar surface area (TPSA) is 32.8 Å². The molecule has 0 N–H and O–H groups in total. The first-order chi connectivity index (χ1) is 14.7. The maximum Gasteiger partial charge on any atom is 0.260 e. The molecule has 0 bridgehead atoms. The molecular weight excluding hydrogens is 396 g/mol. The third-order valence-electron chi connectivity index (χ3n) is 6.36. The molecule has 2 fully saturated rings. The van der Waals surface area contributed by atoms with Gasteiger partial charge in [-0.1, -0.05) is 55.1 Å². The summed E-state index contributed by atoms with van der Waals surface area (Å²) in [4.78, 5) is 16.8. The maximum absolute atomic E-state index is 12.6. The van der Waals surface area contributed by atoms with Crippen LogP contribution in [0.15, 0.2) is 48.5 Å². The Hall–Kier alpha value is -2.04. The zero-order valence-electron chi connectivity index (χ0n) is 17.6. The molecule has 4 rings (SSSR count). The van der Waals surface area contributed by atoms with Crippen molar-refractivity contribution in [3.05, 3.63) is 64.7 Å². The Morgan fingerprint density at radius 1 is 0.900 bits per heavy atom. The van der Waals surface area contributed by atoms with Gasteiger partial charge >= 0.3 is 0 Å². The summed E-state index contributed by atoms with van der Waals surface area (Å²) in [5.74, 6) is 1.54. The summed E-state index contributed by atoms with van der Waals surface area (Å²) < 4.78 is 5.78. The van der Waals surface area contributed by atoms with Crippen LogP contribution in [0.4, 0.5) is 0 Å². The van der Waals surface area contributed by atoms with Gasteiger partial charge in [0.1, 0.15) is 5.75 Å². The van der Waals surface area contributed by atoms with Crippen LogP contribution >= 0.6 is 11.6 Å². The number of hydrogen-bond donors (Lipinski definition) is 0. The second-order valence-corrected chi connectivity index (χ2v) is 8.91. The SMILES string of the molecule is O=C(COc1ccc(C2CCCCC2)cc1)N1CCN(Cc2ccc(Cl)cc2)CC1. The van der Waals surface area contributed by atoms with Gasteiger partial charge in [-0.25, -0.2) is 0 Å². The number of ether oxygens (including phenoxy) is 1. The van der Waals surface area contributed by atoms with Crippen LogP contribution in [0.3, 0.4) is 0 Å². The lowest BCUT2D eigenvalue weighted by Crippen LogP contribution is -2.49. The summed E-state index contributed by atoms with van der Waals surface area (Å²) in [6.45, 7) is 4.25. The third-order valence-corrected chi connectivity index (χ3v) is 6.62. The molecule has 30 heavy (non-hydrogen) atoms. The Bertz CT molecular complexity index is 808. The molecule has 1 saturated carbocycles. The van der Waals surface area contributed by atoms with Crippen LogP contribution in [0.1, 0.15) is 49.1 Å². The Labute approximate surface area is 184 Å². The van der Waals surface area contributed by atoms with Crippen molar-refractivity contribution in [2.75, 3.05) is 32.8 Å². The summed E-state index contributed by atoms with van der Waals surface area (Å²) in [6.07, 6.45) is 6.63. The lowest BCUT2D eigenvalue weighted by Gasteiger charge is -2.34. The normalized spacial score (nSPS) is 18.4. The van der Waals surface area contributed by atoms with E-state index in [1.54, 1.807) is 0 Å². The fraction of sp³-hybridized carbons (Fsp3) is 0.480. The standard InChI is InChI=1S/C25H31ClN2O2/c26-23-10-6-20(7-11-23)18-27-14-16-28(17-15-27)25(29)19-30-24-12-8-22(9-13-24)21-4-2-1-3-5-21/h6-13,21H,1-5,14-19H2. The molecule has 1 saturated heterocycles. The number of hydrogen-bond acceptors (Lipinski definition) is 3. The molecule has 2 aromatic rings. The van der Waals surface area contributed by atoms with Crippen LogP contribution in [0.2, 0.25) is 5.02 Å². The lowest BCUT2D eigenvalue weighted by molar-refractivity contribution is -0.135. The van der Waals surface area contributed by atoms with Gasteiger partial charge in [-0.05, 0) is 54.2 Å². The molecule has 0 aromatic heterocycles. The highest BCUT2D eigenvalue weighted by atomic mass is 35.5. The molecular formula is C25H31ClN2O2. The van der Waals surface area contributed by atoms with Gasteiger partial charge in [0.05, 0.1) is 0 Å². The number of halogens is 1. The van der Waals surface area contributed by atoms with Crippen LogP contribution < -0.4 is 4.74 Å². The van der Waals surface area contributed by atoms with Crippen molar-refractivity contribution in [3.63, 3.8) is 0 Å². The van der Waals surface area contributed by atoms with Crippen LogP contribution in [0.25, 0.3) is 0 Å². The van der Waals surface area contributed by atoms with Gasteiger partial charge in [-0.15, -0.1) is 0 Å². The van der Waals surface area contributed by atoms with E-state index in [4.69, 9.17) is 16.3 Å². The zero-order chi connectivity index (χ0) is 20.8. The van der Waals surface area contributed by atoms with Crippen molar-refractivity contribution in [3.8, 4) is 5.75 Å². The monoisotopic (exact) mass is 426 g/mol. The van der Waals surface area contributed by atoms with Crippen LogP contribution in [0, 0.1) is 0 Å². The van der Waals surface area contributed by atoms with Crippen LogP contribution in [-0.2, 0) is 11.3 Å². The minimum Gasteiger partial charge on any atom is -0.484 e. The predicted molar refractivity (Wildman–Crippen MR) is 121 cm³/mol.